The van der Waals surface area contributed by atoms with Crippen LogP contribution in [0.4, 0.5) is 4.39 Å². The Kier molecular flexibility index (Phi) is 8.26. The molecule has 0 bridgehead atoms. The summed E-state index contributed by atoms with van der Waals surface area (Å²) < 4.78 is 15.9. The number of rotatable bonds is 3. The fraction of sp³-hybridized carbons (Fsp3) is 0.400. The Morgan fingerprint density at radius 3 is 2.79 bits per heavy atom. The third-order valence-corrected chi connectivity index (χ3v) is 4.54. The molecule has 9 heteroatoms. The average molecular weight is 417 g/mol. The molecule has 1 aliphatic rings. The number of aliphatic hydroxyl groups is 1. The van der Waals surface area contributed by atoms with Crippen molar-refractivity contribution < 1.29 is 9.50 Å². The third-order valence-electron chi connectivity index (χ3n) is 3.82. The minimum atomic E-state index is -0.549. The number of imidazole rings is 1. The van der Waals surface area contributed by atoms with E-state index < -0.39 is 6.10 Å². The topological polar surface area (TPSA) is 50.1 Å². The molecular formula is C15H18Cl4FN3O. The lowest BCUT2D eigenvalue weighted by Gasteiger charge is -2.26. The number of allylic oxidation sites excluding steroid dienone is 1. The van der Waals surface area contributed by atoms with Crippen LogP contribution in [-0.2, 0) is 6.54 Å². The van der Waals surface area contributed by atoms with Gasteiger partial charge in [0.15, 0.2) is 0 Å². The Bertz CT molecular complexity index is 722. The molecule has 1 saturated heterocycles. The molecule has 24 heavy (non-hydrogen) atoms. The number of hydrogen-bond acceptors (Lipinski definition) is 3. The van der Waals surface area contributed by atoms with Crippen LogP contribution in [0.3, 0.4) is 0 Å². The summed E-state index contributed by atoms with van der Waals surface area (Å²) >= 11 is 11.9. The molecule has 3 rings (SSSR count). The molecule has 1 aliphatic heterocycles. The van der Waals surface area contributed by atoms with E-state index in [0.29, 0.717) is 22.0 Å². The van der Waals surface area contributed by atoms with Crippen molar-refractivity contribution in [1.82, 2.24) is 14.9 Å². The van der Waals surface area contributed by atoms with Crippen LogP contribution in [0.5, 0.6) is 0 Å². The Balaban J connectivity index is 0.00000144. The zero-order valence-electron chi connectivity index (χ0n) is 12.6. The number of nitrogens with zero attached hydrogens (tertiary/aromatic N) is 2. The van der Waals surface area contributed by atoms with Crippen LogP contribution in [0.15, 0.2) is 30.4 Å². The first-order valence-electron chi connectivity index (χ1n) is 7.12. The van der Waals surface area contributed by atoms with Gasteiger partial charge in [-0.05, 0) is 37.6 Å². The SMILES string of the molecule is Cl.Cl.O[C@H]1CCCN[C@@H]1/C=C(\F)Cn1cnc2cc(Cl)c(Cl)cc21. The van der Waals surface area contributed by atoms with Crippen molar-refractivity contribution in [3.8, 4) is 0 Å². The van der Waals surface area contributed by atoms with Gasteiger partial charge in [-0.1, -0.05) is 23.2 Å². The Labute approximate surface area is 161 Å². The summed E-state index contributed by atoms with van der Waals surface area (Å²) in [6.45, 7) is 0.826. The molecule has 1 aromatic heterocycles. The standard InChI is InChI=1S/C15H16Cl2FN3O.2ClH/c16-10-5-12-14(6-11(10)17)21(8-20-12)7-9(18)4-13-15(22)2-1-3-19-13;;/h4-6,8,13,15,19,22H,1-3,7H2;2*1H/b9-4-;;/t13-,15+;;/m1../s1. The summed E-state index contributed by atoms with van der Waals surface area (Å²) in [5.41, 5.74) is 1.38. The lowest BCUT2D eigenvalue weighted by Crippen LogP contribution is -2.43. The smallest absolute Gasteiger partial charge is 0.117 e. The first kappa shape index (κ1) is 21.5. The lowest BCUT2D eigenvalue weighted by atomic mass is 10.0. The van der Waals surface area contributed by atoms with Gasteiger partial charge in [-0.3, -0.25) is 0 Å². The van der Waals surface area contributed by atoms with Crippen molar-refractivity contribution in [1.29, 1.82) is 0 Å². The normalized spacial score (nSPS) is 21.2. The molecule has 0 unspecified atom stereocenters. The summed E-state index contributed by atoms with van der Waals surface area (Å²) in [5.74, 6) is -0.330. The van der Waals surface area contributed by atoms with Crippen LogP contribution in [-0.4, -0.2) is 33.3 Å². The molecule has 1 aromatic carbocycles. The number of aromatic nitrogens is 2. The minimum absolute atomic E-state index is 0. The fourth-order valence-electron chi connectivity index (χ4n) is 2.66. The molecule has 134 valence electrons. The first-order valence-corrected chi connectivity index (χ1v) is 7.87. The van der Waals surface area contributed by atoms with E-state index in [9.17, 15) is 9.50 Å². The number of piperidine rings is 1. The second-order valence-corrected chi connectivity index (χ2v) is 6.24. The van der Waals surface area contributed by atoms with Gasteiger partial charge in [0, 0.05) is 0 Å². The molecule has 0 spiro atoms. The molecule has 0 radical (unpaired) electrons. The van der Waals surface area contributed by atoms with Crippen molar-refractivity contribution in [3.05, 3.63) is 40.4 Å². The summed E-state index contributed by atoms with van der Waals surface area (Å²) in [5, 5.41) is 13.8. The highest BCUT2D eigenvalue weighted by Gasteiger charge is 2.21. The molecule has 2 heterocycles. The van der Waals surface area contributed by atoms with E-state index in [0.717, 1.165) is 18.5 Å². The molecule has 0 aliphatic carbocycles. The summed E-state index contributed by atoms with van der Waals surface area (Å²) in [4.78, 5) is 4.20. The van der Waals surface area contributed by atoms with Crippen molar-refractivity contribution >= 4 is 59.0 Å². The quantitative estimate of drug-likeness (QED) is 0.789. The second kappa shape index (κ2) is 9.22. The van der Waals surface area contributed by atoms with Crippen LogP contribution in [0, 0.1) is 0 Å². The maximum absolute atomic E-state index is 14.2. The molecule has 2 N–H and O–H groups in total. The van der Waals surface area contributed by atoms with Crippen molar-refractivity contribution in [2.24, 2.45) is 0 Å². The molecule has 2 aromatic rings. The van der Waals surface area contributed by atoms with E-state index in [4.69, 9.17) is 23.2 Å². The van der Waals surface area contributed by atoms with E-state index in [2.05, 4.69) is 10.3 Å². The van der Waals surface area contributed by atoms with Crippen LogP contribution in [0.2, 0.25) is 10.0 Å². The Morgan fingerprint density at radius 1 is 1.38 bits per heavy atom. The lowest BCUT2D eigenvalue weighted by molar-refractivity contribution is 0.114. The number of nitrogens with one attached hydrogen (secondary N) is 1. The van der Waals surface area contributed by atoms with Gasteiger partial charge in [0.1, 0.15) is 5.83 Å². The van der Waals surface area contributed by atoms with Crippen LogP contribution >= 0.6 is 48.0 Å². The molecule has 4 nitrogen and oxygen atoms in total. The highest BCUT2D eigenvalue weighted by molar-refractivity contribution is 6.42. The Hall–Kier alpha value is -0.560. The van der Waals surface area contributed by atoms with Gasteiger partial charge in [-0.25, -0.2) is 9.37 Å². The summed E-state index contributed by atoms with van der Waals surface area (Å²) in [6, 6.07) is 2.98. The molecule has 1 fully saturated rings. The second-order valence-electron chi connectivity index (χ2n) is 5.43. The fourth-order valence-corrected chi connectivity index (χ4v) is 2.97. The predicted molar refractivity (Wildman–Crippen MR) is 100 cm³/mol. The number of aliphatic hydroxyl groups excluding tert-OH is 1. The monoisotopic (exact) mass is 415 g/mol. The number of benzene rings is 1. The van der Waals surface area contributed by atoms with Gasteiger partial charge in [0.2, 0.25) is 0 Å². The van der Waals surface area contributed by atoms with Crippen LogP contribution < -0.4 is 5.32 Å². The van der Waals surface area contributed by atoms with E-state index >= 15 is 0 Å². The molecule has 0 amide bonds. The molecular weight excluding hydrogens is 399 g/mol. The zero-order chi connectivity index (χ0) is 15.7. The Morgan fingerprint density at radius 2 is 2.08 bits per heavy atom. The maximum atomic E-state index is 14.2. The highest BCUT2D eigenvalue weighted by atomic mass is 35.5. The first-order chi connectivity index (χ1) is 10.5. The zero-order valence-corrected chi connectivity index (χ0v) is 15.7. The van der Waals surface area contributed by atoms with Gasteiger partial charge in [0.05, 0.1) is 46.1 Å². The van der Waals surface area contributed by atoms with Gasteiger partial charge >= 0.3 is 0 Å². The van der Waals surface area contributed by atoms with Crippen molar-refractivity contribution in [2.45, 2.75) is 31.5 Å². The van der Waals surface area contributed by atoms with E-state index in [1.165, 1.54) is 6.08 Å². The predicted octanol–water partition coefficient (Wildman–Crippen LogP) is 4.15. The van der Waals surface area contributed by atoms with Crippen molar-refractivity contribution in [2.75, 3.05) is 6.54 Å². The van der Waals surface area contributed by atoms with Crippen LogP contribution in [0.1, 0.15) is 12.8 Å². The number of halogens is 5. The van der Waals surface area contributed by atoms with Crippen molar-refractivity contribution in [3.63, 3.8) is 0 Å². The van der Waals surface area contributed by atoms with Gasteiger partial charge in [-0.2, -0.15) is 0 Å². The molecule has 0 saturated carbocycles. The summed E-state index contributed by atoms with van der Waals surface area (Å²) in [7, 11) is 0. The third kappa shape index (κ3) is 4.75. The molecule has 2 atom stereocenters. The van der Waals surface area contributed by atoms with Gasteiger partial charge in [0.25, 0.3) is 0 Å². The van der Waals surface area contributed by atoms with Gasteiger partial charge < -0.3 is 15.0 Å². The minimum Gasteiger partial charge on any atom is -0.391 e. The average Bonchev–Trinajstić information content (AvgIpc) is 2.84. The van der Waals surface area contributed by atoms with E-state index in [1.807, 2.05) is 0 Å². The number of fused-ring (bicyclic) bond motifs is 1. The van der Waals surface area contributed by atoms with E-state index in [1.54, 1.807) is 23.0 Å². The maximum Gasteiger partial charge on any atom is 0.117 e. The summed E-state index contributed by atoms with van der Waals surface area (Å²) in [6.07, 6.45) is 4.03. The number of hydrogen-bond donors (Lipinski definition) is 2. The van der Waals surface area contributed by atoms with Crippen LogP contribution in [0.25, 0.3) is 11.0 Å². The van der Waals surface area contributed by atoms with Gasteiger partial charge in [-0.15, -0.1) is 24.8 Å². The van der Waals surface area contributed by atoms with E-state index in [-0.39, 0.29) is 43.2 Å². The largest absolute Gasteiger partial charge is 0.391 e. The highest BCUT2D eigenvalue weighted by Crippen LogP contribution is 2.27.